The highest BCUT2D eigenvalue weighted by molar-refractivity contribution is 5.67. The lowest BCUT2D eigenvalue weighted by molar-refractivity contribution is -0.193. The van der Waals surface area contributed by atoms with Gasteiger partial charge in [0.25, 0.3) is 0 Å². The fourth-order valence-corrected chi connectivity index (χ4v) is 6.36. The summed E-state index contributed by atoms with van der Waals surface area (Å²) >= 11 is 0. The highest BCUT2D eigenvalue weighted by Gasteiger charge is 2.45. The van der Waals surface area contributed by atoms with Crippen molar-refractivity contribution in [2.75, 3.05) is 26.4 Å². The molecule has 0 bridgehead atoms. The Bertz CT molecular complexity index is 738. The van der Waals surface area contributed by atoms with Crippen molar-refractivity contribution in [2.24, 2.45) is 17.8 Å². The third kappa shape index (κ3) is 9.17. The molecule has 0 amide bonds. The summed E-state index contributed by atoms with van der Waals surface area (Å²) in [7, 11) is 0. The zero-order valence-corrected chi connectivity index (χ0v) is 22.7. The van der Waals surface area contributed by atoms with Crippen molar-refractivity contribution in [1.82, 2.24) is 0 Å². The van der Waals surface area contributed by atoms with Crippen LogP contribution in [0.5, 0.6) is 0 Å². The zero-order chi connectivity index (χ0) is 25.9. The molecule has 0 aromatic rings. The van der Waals surface area contributed by atoms with Crippen LogP contribution in [0.3, 0.4) is 0 Å². The Labute approximate surface area is 222 Å². The molecule has 0 aromatic heterocycles. The second kappa shape index (κ2) is 15.4. The molecule has 210 valence electrons. The van der Waals surface area contributed by atoms with E-state index in [4.69, 9.17) is 28.8 Å². The quantitative estimate of drug-likeness (QED) is 0.209. The van der Waals surface area contributed by atoms with E-state index in [9.17, 15) is 4.79 Å². The van der Waals surface area contributed by atoms with Crippen LogP contribution in [0.15, 0.2) is 23.8 Å². The molecule has 2 saturated heterocycles. The van der Waals surface area contributed by atoms with Crippen molar-refractivity contribution in [3.63, 3.8) is 0 Å². The highest BCUT2D eigenvalue weighted by atomic mass is 16.7. The number of hydrogen-bond donors (Lipinski definition) is 1. The molecule has 0 radical (unpaired) electrons. The first-order valence-corrected chi connectivity index (χ1v) is 14.8. The lowest BCUT2D eigenvalue weighted by atomic mass is 9.88. The van der Waals surface area contributed by atoms with Gasteiger partial charge in [0, 0.05) is 19.1 Å². The van der Waals surface area contributed by atoms with Gasteiger partial charge < -0.3 is 28.8 Å². The van der Waals surface area contributed by atoms with Crippen LogP contribution < -0.4 is 0 Å². The Morgan fingerprint density at radius 1 is 1.14 bits per heavy atom. The summed E-state index contributed by atoms with van der Waals surface area (Å²) in [5.41, 5.74) is 1.39. The summed E-state index contributed by atoms with van der Waals surface area (Å²) in [6, 6.07) is 0. The van der Waals surface area contributed by atoms with E-state index in [0.717, 1.165) is 71.0 Å². The zero-order valence-electron chi connectivity index (χ0n) is 22.7. The van der Waals surface area contributed by atoms with E-state index in [1.807, 2.05) is 0 Å². The first-order chi connectivity index (χ1) is 18.1. The average Bonchev–Trinajstić information content (AvgIpc) is 3.43. The third-order valence-electron chi connectivity index (χ3n) is 8.29. The number of carboxylic acid groups (broad SMARTS) is 1. The molecule has 1 N–H and O–H groups in total. The number of allylic oxidation sites excluding steroid dienone is 1. The van der Waals surface area contributed by atoms with E-state index in [1.54, 1.807) is 0 Å². The predicted octanol–water partition coefficient (Wildman–Crippen LogP) is 6.02. The van der Waals surface area contributed by atoms with Crippen molar-refractivity contribution in [3.8, 4) is 0 Å². The third-order valence-corrected chi connectivity index (χ3v) is 8.29. The Balaban J connectivity index is 1.40. The van der Waals surface area contributed by atoms with E-state index in [0.29, 0.717) is 24.4 Å². The molecule has 37 heavy (non-hydrogen) atoms. The van der Waals surface area contributed by atoms with Gasteiger partial charge in [0.1, 0.15) is 6.61 Å². The first-order valence-electron chi connectivity index (χ1n) is 14.8. The number of aliphatic carboxylic acids is 1. The maximum atomic E-state index is 10.7. The van der Waals surface area contributed by atoms with Crippen molar-refractivity contribution >= 4 is 5.97 Å². The average molecular weight is 521 g/mol. The van der Waals surface area contributed by atoms with Crippen LogP contribution in [-0.4, -0.2) is 62.3 Å². The number of carbonyl (C=O) groups is 1. The van der Waals surface area contributed by atoms with Crippen LogP contribution in [0, 0.1) is 17.8 Å². The Morgan fingerprint density at radius 2 is 1.92 bits per heavy atom. The van der Waals surface area contributed by atoms with E-state index in [2.05, 4.69) is 25.2 Å². The first kappa shape index (κ1) is 28.8. The highest BCUT2D eigenvalue weighted by Crippen LogP contribution is 2.49. The molecule has 4 aliphatic rings. The van der Waals surface area contributed by atoms with Gasteiger partial charge in [0.05, 0.1) is 18.8 Å². The largest absolute Gasteiger partial charge is 0.480 e. The van der Waals surface area contributed by atoms with Crippen LogP contribution >= 0.6 is 0 Å². The molecule has 7 nitrogen and oxygen atoms in total. The van der Waals surface area contributed by atoms with Gasteiger partial charge in [-0.2, -0.15) is 0 Å². The van der Waals surface area contributed by atoms with Gasteiger partial charge in [0.15, 0.2) is 12.6 Å². The summed E-state index contributed by atoms with van der Waals surface area (Å²) in [6.45, 7) is 4.06. The maximum Gasteiger partial charge on any atom is 0.329 e. The Kier molecular flexibility index (Phi) is 11.9. The van der Waals surface area contributed by atoms with Crippen LogP contribution in [0.2, 0.25) is 0 Å². The Hall–Kier alpha value is -1.25. The summed E-state index contributed by atoms with van der Waals surface area (Å²) < 4.78 is 30.2. The molecule has 0 aromatic carbocycles. The molecular weight excluding hydrogens is 472 g/mol. The van der Waals surface area contributed by atoms with Crippen LogP contribution in [0.4, 0.5) is 0 Å². The molecule has 2 unspecified atom stereocenters. The summed E-state index contributed by atoms with van der Waals surface area (Å²) in [5, 5.41) is 8.82. The number of hydrogen-bond acceptors (Lipinski definition) is 6. The van der Waals surface area contributed by atoms with Gasteiger partial charge >= 0.3 is 5.97 Å². The van der Waals surface area contributed by atoms with E-state index < -0.39 is 5.97 Å². The monoisotopic (exact) mass is 520 g/mol. The Morgan fingerprint density at radius 3 is 2.62 bits per heavy atom. The molecule has 0 spiro atoms. The second-order valence-electron chi connectivity index (χ2n) is 11.2. The summed E-state index contributed by atoms with van der Waals surface area (Å²) in [6.07, 6.45) is 21.1. The molecule has 2 aliphatic carbocycles. The van der Waals surface area contributed by atoms with E-state index in [1.165, 1.54) is 31.3 Å². The van der Waals surface area contributed by atoms with Crippen LogP contribution in [-0.2, 0) is 28.5 Å². The van der Waals surface area contributed by atoms with E-state index in [-0.39, 0.29) is 31.4 Å². The lowest BCUT2D eigenvalue weighted by Gasteiger charge is -2.30. The fourth-order valence-electron chi connectivity index (χ4n) is 6.36. The van der Waals surface area contributed by atoms with Crippen molar-refractivity contribution in [2.45, 2.75) is 115 Å². The number of fused-ring (bicyclic) bond motifs is 1. The van der Waals surface area contributed by atoms with Crippen molar-refractivity contribution in [3.05, 3.63) is 23.8 Å². The molecular formula is C30H48O7. The van der Waals surface area contributed by atoms with E-state index >= 15 is 0 Å². The molecule has 2 heterocycles. The van der Waals surface area contributed by atoms with Crippen LogP contribution in [0.25, 0.3) is 0 Å². The van der Waals surface area contributed by atoms with Gasteiger partial charge in [0.2, 0.25) is 0 Å². The van der Waals surface area contributed by atoms with Crippen LogP contribution in [0.1, 0.15) is 90.4 Å². The topological polar surface area (TPSA) is 83.5 Å². The maximum absolute atomic E-state index is 10.7. The number of unbranched alkanes of at least 4 members (excludes halogenated alkanes) is 2. The van der Waals surface area contributed by atoms with Gasteiger partial charge in [-0.05, 0) is 76.0 Å². The number of ether oxygens (including phenoxy) is 5. The van der Waals surface area contributed by atoms with Gasteiger partial charge in [-0.25, -0.2) is 4.79 Å². The molecule has 2 aliphatic heterocycles. The van der Waals surface area contributed by atoms with Gasteiger partial charge in [-0.15, -0.1) is 0 Å². The number of rotatable bonds is 15. The van der Waals surface area contributed by atoms with Crippen molar-refractivity contribution in [1.29, 1.82) is 0 Å². The van der Waals surface area contributed by atoms with Gasteiger partial charge in [-0.3, -0.25) is 0 Å². The fraction of sp³-hybridized carbons (Fsp3) is 0.833. The summed E-state index contributed by atoms with van der Waals surface area (Å²) in [5.74, 6) is 0.385. The standard InChI is InChI=1S/C30H48O7/c1-2-3-4-9-24(36-29-10-5-7-15-34-29)12-13-25-26-19-22(14-17-33-21-28(31)32)18-23(26)20-27(25)37-30-11-6-8-16-35-30/h12-13,18,23-27,29-30H,2-11,14-17,19-21H2,1H3,(H,31,32)/b13-12+/t23-,24-,25+,26-,27+,29?,30?/m0/s1. The SMILES string of the molecule is CCCCC[C@@H](/C=C/[C@@H]1[C@H]2CC(CCOCC(=O)O)=C[C@H]2C[C@H]1OC1CCCCO1)OC1CCCCO1. The number of carboxylic acids is 1. The molecule has 4 rings (SSSR count). The minimum Gasteiger partial charge on any atom is -0.480 e. The molecule has 3 fully saturated rings. The molecule has 1 saturated carbocycles. The smallest absolute Gasteiger partial charge is 0.329 e. The molecule has 7 heteroatoms. The van der Waals surface area contributed by atoms with Gasteiger partial charge in [-0.1, -0.05) is 50.0 Å². The van der Waals surface area contributed by atoms with Crippen molar-refractivity contribution < 1.29 is 33.6 Å². The predicted molar refractivity (Wildman–Crippen MR) is 141 cm³/mol. The minimum atomic E-state index is -0.915. The normalized spacial score (nSPS) is 32.9. The second-order valence-corrected chi connectivity index (χ2v) is 11.2. The minimum absolute atomic E-state index is 0.0681. The lowest BCUT2D eigenvalue weighted by Crippen LogP contribution is -2.31. The molecule has 7 atom stereocenters. The summed E-state index contributed by atoms with van der Waals surface area (Å²) in [4.78, 5) is 10.7.